The molecule has 0 fully saturated rings. The van der Waals surface area contributed by atoms with Gasteiger partial charge in [-0.3, -0.25) is 4.79 Å². The SMILES string of the molecule is COc1ccc(NC(=O)COCc2ccccc2)cn1. The highest BCUT2D eigenvalue weighted by atomic mass is 16.5. The van der Waals surface area contributed by atoms with Gasteiger partial charge >= 0.3 is 0 Å². The van der Waals surface area contributed by atoms with E-state index >= 15 is 0 Å². The van der Waals surface area contributed by atoms with Crippen LogP contribution >= 0.6 is 0 Å². The number of pyridine rings is 1. The van der Waals surface area contributed by atoms with E-state index < -0.39 is 0 Å². The summed E-state index contributed by atoms with van der Waals surface area (Å²) in [5.74, 6) is 0.288. The van der Waals surface area contributed by atoms with Crippen molar-refractivity contribution in [2.24, 2.45) is 0 Å². The molecule has 0 bridgehead atoms. The number of rotatable bonds is 6. The van der Waals surface area contributed by atoms with Crippen molar-refractivity contribution in [1.29, 1.82) is 0 Å². The molecule has 1 aromatic heterocycles. The van der Waals surface area contributed by atoms with Crippen molar-refractivity contribution in [3.05, 3.63) is 54.2 Å². The molecule has 0 aliphatic rings. The molecule has 1 aromatic carbocycles. The number of anilines is 1. The standard InChI is InChI=1S/C15H16N2O3/c1-19-15-8-7-13(9-16-15)17-14(18)11-20-10-12-5-3-2-4-6-12/h2-9H,10-11H2,1H3,(H,17,18). The molecule has 0 spiro atoms. The molecule has 0 aliphatic carbocycles. The minimum Gasteiger partial charge on any atom is -0.481 e. The summed E-state index contributed by atoms with van der Waals surface area (Å²) in [7, 11) is 1.54. The minimum absolute atomic E-state index is 0.000916. The number of methoxy groups -OCH3 is 1. The van der Waals surface area contributed by atoms with Crippen molar-refractivity contribution in [2.45, 2.75) is 6.61 Å². The number of hydrogen-bond donors (Lipinski definition) is 1. The second-order valence-electron chi connectivity index (χ2n) is 4.12. The monoisotopic (exact) mass is 272 g/mol. The summed E-state index contributed by atoms with van der Waals surface area (Å²) >= 11 is 0. The van der Waals surface area contributed by atoms with Crippen molar-refractivity contribution >= 4 is 11.6 Å². The lowest BCUT2D eigenvalue weighted by molar-refractivity contribution is -0.121. The first-order chi connectivity index (χ1) is 9.78. The van der Waals surface area contributed by atoms with Gasteiger partial charge < -0.3 is 14.8 Å². The maximum Gasteiger partial charge on any atom is 0.250 e. The van der Waals surface area contributed by atoms with E-state index in [0.29, 0.717) is 18.2 Å². The molecular formula is C15H16N2O3. The number of nitrogens with zero attached hydrogens (tertiary/aromatic N) is 1. The Labute approximate surface area is 117 Å². The lowest BCUT2D eigenvalue weighted by Crippen LogP contribution is -2.18. The van der Waals surface area contributed by atoms with Gasteiger partial charge in [0.2, 0.25) is 11.8 Å². The molecule has 1 heterocycles. The van der Waals surface area contributed by atoms with Gasteiger partial charge in [-0.1, -0.05) is 30.3 Å². The molecule has 5 heteroatoms. The van der Waals surface area contributed by atoms with Gasteiger partial charge in [0.25, 0.3) is 0 Å². The molecule has 1 N–H and O–H groups in total. The summed E-state index contributed by atoms with van der Waals surface area (Å²) in [6.07, 6.45) is 1.54. The summed E-state index contributed by atoms with van der Waals surface area (Å²) in [6.45, 7) is 0.413. The van der Waals surface area contributed by atoms with Crippen LogP contribution in [0.5, 0.6) is 5.88 Å². The van der Waals surface area contributed by atoms with Crippen LogP contribution in [-0.2, 0) is 16.1 Å². The fourth-order valence-electron chi connectivity index (χ4n) is 1.61. The zero-order valence-electron chi connectivity index (χ0n) is 11.2. The van der Waals surface area contributed by atoms with Crippen LogP contribution in [-0.4, -0.2) is 24.6 Å². The highest BCUT2D eigenvalue weighted by Crippen LogP contribution is 2.10. The van der Waals surface area contributed by atoms with Gasteiger partial charge in [0.15, 0.2) is 0 Å². The van der Waals surface area contributed by atoms with Gasteiger partial charge in [-0.15, -0.1) is 0 Å². The molecular weight excluding hydrogens is 256 g/mol. The van der Waals surface area contributed by atoms with E-state index in [2.05, 4.69) is 10.3 Å². The van der Waals surface area contributed by atoms with Crippen LogP contribution in [0, 0.1) is 0 Å². The fourth-order valence-corrected chi connectivity index (χ4v) is 1.61. The highest BCUT2D eigenvalue weighted by Gasteiger charge is 2.03. The average molecular weight is 272 g/mol. The van der Waals surface area contributed by atoms with E-state index in [4.69, 9.17) is 9.47 Å². The predicted molar refractivity (Wildman–Crippen MR) is 75.5 cm³/mol. The van der Waals surface area contributed by atoms with Gasteiger partial charge in [-0.05, 0) is 11.6 Å². The Morgan fingerprint density at radius 1 is 1.20 bits per heavy atom. The Hall–Kier alpha value is -2.40. The normalized spacial score (nSPS) is 10.1. The number of hydrogen-bond acceptors (Lipinski definition) is 4. The number of benzene rings is 1. The zero-order valence-corrected chi connectivity index (χ0v) is 11.2. The van der Waals surface area contributed by atoms with Crippen molar-refractivity contribution < 1.29 is 14.3 Å². The van der Waals surface area contributed by atoms with E-state index in [1.165, 1.54) is 13.3 Å². The van der Waals surface area contributed by atoms with Crippen LogP contribution in [0.15, 0.2) is 48.7 Å². The largest absolute Gasteiger partial charge is 0.481 e. The number of amides is 1. The third-order valence-corrected chi connectivity index (χ3v) is 2.57. The fraction of sp³-hybridized carbons (Fsp3) is 0.200. The Morgan fingerprint density at radius 3 is 2.65 bits per heavy atom. The van der Waals surface area contributed by atoms with Crippen molar-refractivity contribution in [2.75, 3.05) is 19.0 Å². The summed E-state index contributed by atoms with van der Waals surface area (Å²) in [5, 5.41) is 2.70. The van der Waals surface area contributed by atoms with Gasteiger partial charge in [0.05, 0.1) is 25.6 Å². The number of nitrogens with one attached hydrogen (secondary N) is 1. The highest BCUT2D eigenvalue weighted by molar-refractivity contribution is 5.91. The smallest absolute Gasteiger partial charge is 0.250 e. The maximum atomic E-state index is 11.7. The molecule has 2 rings (SSSR count). The van der Waals surface area contributed by atoms with Gasteiger partial charge in [0.1, 0.15) is 6.61 Å². The molecule has 20 heavy (non-hydrogen) atoms. The first-order valence-corrected chi connectivity index (χ1v) is 6.19. The zero-order chi connectivity index (χ0) is 14.2. The van der Waals surface area contributed by atoms with E-state index in [1.54, 1.807) is 12.1 Å². The molecule has 5 nitrogen and oxygen atoms in total. The third-order valence-electron chi connectivity index (χ3n) is 2.57. The second-order valence-corrected chi connectivity index (χ2v) is 4.12. The molecule has 0 aliphatic heterocycles. The Bertz CT molecular complexity index is 541. The number of aromatic nitrogens is 1. The maximum absolute atomic E-state index is 11.7. The van der Waals surface area contributed by atoms with Crippen molar-refractivity contribution in [1.82, 2.24) is 4.98 Å². The average Bonchev–Trinajstić information content (AvgIpc) is 2.49. The quantitative estimate of drug-likeness (QED) is 0.876. The van der Waals surface area contributed by atoms with Crippen LogP contribution < -0.4 is 10.1 Å². The van der Waals surface area contributed by atoms with E-state index in [-0.39, 0.29) is 12.5 Å². The first-order valence-electron chi connectivity index (χ1n) is 6.19. The lowest BCUT2D eigenvalue weighted by Gasteiger charge is -2.06. The van der Waals surface area contributed by atoms with Gasteiger partial charge in [-0.2, -0.15) is 0 Å². The summed E-state index contributed by atoms with van der Waals surface area (Å²) in [4.78, 5) is 15.7. The van der Waals surface area contributed by atoms with Crippen molar-refractivity contribution in [3.63, 3.8) is 0 Å². The van der Waals surface area contributed by atoms with Crippen LogP contribution in [0.25, 0.3) is 0 Å². The number of ether oxygens (including phenoxy) is 2. The Kier molecular flexibility index (Phi) is 5.08. The lowest BCUT2D eigenvalue weighted by atomic mass is 10.2. The topological polar surface area (TPSA) is 60.5 Å². The number of carbonyl (C=O) groups excluding carboxylic acids is 1. The first kappa shape index (κ1) is 14.0. The molecule has 1 amide bonds. The van der Waals surface area contributed by atoms with E-state index in [9.17, 15) is 4.79 Å². The predicted octanol–water partition coefficient (Wildman–Crippen LogP) is 2.25. The molecule has 0 unspecified atom stereocenters. The molecule has 104 valence electrons. The summed E-state index contributed by atoms with van der Waals surface area (Å²) < 4.78 is 10.3. The Morgan fingerprint density at radius 2 is 2.00 bits per heavy atom. The minimum atomic E-state index is -0.215. The van der Waals surface area contributed by atoms with Crippen LogP contribution in [0.2, 0.25) is 0 Å². The Balaban J connectivity index is 1.74. The summed E-state index contributed by atoms with van der Waals surface area (Å²) in [5.41, 5.74) is 1.64. The van der Waals surface area contributed by atoms with Crippen LogP contribution in [0.3, 0.4) is 0 Å². The molecule has 2 aromatic rings. The van der Waals surface area contributed by atoms with E-state index in [1.807, 2.05) is 30.3 Å². The van der Waals surface area contributed by atoms with Crippen molar-refractivity contribution in [3.8, 4) is 5.88 Å². The summed E-state index contributed by atoms with van der Waals surface area (Å²) in [6, 6.07) is 13.1. The van der Waals surface area contributed by atoms with Crippen LogP contribution in [0.1, 0.15) is 5.56 Å². The van der Waals surface area contributed by atoms with E-state index in [0.717, 1.165) is 5.56 Å². The molecule has 0 radical (unpaired) electrons. The number of carbonyl (C=O) groups is 1. The molecule has 0 atom stereocenters. The van der Waals surface area contributed by atoms with Gasteiger partial charge in [-0.25, -0.2) is 4.98 Å². The molecule has 0 saturated carbocycles. The van der Waals surface area contributed by atoms with Gasteiger partial charge in [0, 0.05) is 6.07 Å². The molecule has 0 saturated heterocycles. The third kappa shape index (κ3) is 4.37. The van der Waals surface area contributed by atoms with Crippen LogP contribution in [0.4, 0.5) is 5.69 Å². The second kappa shape index (κ2) is 7.25.